The lowest BCUT2D eigenvalue weighted by molar-refractivity contribution is 0.185. The number of methoxy groups -OCH3 is 1. The first-order chi connectivity index (χ1) is 5.22. The molecule has 60 valence electrons. The smallest absolute Gasteiger partial charge is 0.0714 e. The Morgan fingerprint density at radius 1 is 1.18 bits per heavy atom. The molecule has 0 unspecified atom stereocenters. The normalized spacial score (nSPS) is 10.1. The number of halogens is 2. The van der Waals surface area contributed by atoms with Crippen LogP contribution in [-0.2, 0) is 11.3 Å². The van der Waals surface area contributed by atoms with Crippen LogP contribution in [0.15, 0.2) is 18.2 Å². The monoisotopic (exact) mass is 190 g/mol. The summed E-state index contributed by atoms with van der Waals surface area (Å²) in [7, 11) is 1.63. The third kappa shape index (κ3) is 2.70. The molecule has 0 aliphatic carbocycles. The van der Waals surface area contributed by atoms with E-state index in [1.807, 2.05) is 12.1 Å². The van der Waals surface area contributed by atoms with Crippen LogP contribution >= 0.6 is 23.2 Å². The van der Waals surface area contributed by atoms with Gasteiger partial charge in [0.2, 0.25) is 0 Å². The summed E-state index contributed by atoms with van der Waals surface area (Å²) in [6.45, 7) is 0.542. The zero-order valence-electron chi connectivity index (χ0n) is 6.10. The van der Waals surface area contributed by atoms with Gasteiger partial charge in [-0.25, -0.2) is 0 Å². The highest BCUT2D eigenvalue weighted by atomic mass is 35.5. The van der Waals surface area contributed by atoms with Crippen molar-refractivity contribution in [3.63, 3.8) is 0 Å². The Morgan fingerprint density at radius 2 is 1.73 bits per heavy atom. The first-order valence-corrected chi connectivity index (χ1v) is 3.92. The lowest BCUT2D eigenvalue weighted by atomic mass is 10.2. The number of benzene rings is 1. The van der Waals surface area contributed by atoms with Crippen LogP contribution in [0.3, 0.4) is 0 Å². The lowest BCUT2D eigenvalue weighted by Gasteiger charge is -2.00. The SMILES string of the molecule is COCc1cc(Cl)cc(Cl)c1. The van der Waals surface area contributed by atoms with Crippen molar-refractivity contribution in [1.82, 2.24) is 0 Å². The van der Waals surface area contributed by atoms with Crippen molar-refractivity contribution in [2.75, 3.05) is 7.11 Å². The number of hydrogen-bond acceptors (Lipinski definition) is 1. The van der Waals surface area contributed by atoms with Crippen molar-refractivity contribution in [2.45, 2.75) is 6.61 Å². The fourth-order valence-corrected chi connectivity index (χ4v) is 1.43. The molecule has 0 aliphatic rings. The van der Waals surface area contributed by atoms with Gasteiger partial charge in [-0.2, -0.15) is 0 Å². The second-order valence-corrected chi connectivity index (χ2v) is 3.08. The van der Waals surface area contributed by atoms with Crippen molar-refractivity contribution < 1.29 is 4.74 Å². The van der Waals surface area contributed by atoms with E-state index in [0.29, 0.717) is 16.7 Å². The molecule has 0 aromatic heterocycles. The number of ether oxygens (including phenoxy) is 1. The summed E-state index contributed by atoms with van der Waals surface area (Å²) < 4.78 is 4.92. The molecule has 1 nitrogen and oxygen atoms in total. The minimum Gasteiger partial charge on any atom is -0.380 e. The highest BCUT2D eigenvalue weighted by Gasteiger charge is 1.96. The van der Waals surface area contributed by atoms with Crippen LogP contribution in [0.1, 0.15) is 5.56 Å². The molecule has 0 N–H and O–H groups in total. The summed E-state index contributed by atoms with van der Waals surface area (Å²) in [5, 5.41) is 1.29. The van der Waals surface area contributed by atoms with Gasteiger partial charge >= 0.3 is 0 Å². The van der Waals surface area contributed by atoms with Crippen LogP contribution in [0.2, 0.25) is 10.0 Å². The van der Waals surface area contributed by atoms with Crippen molar-refractivity contribution in [3.05, 3.63) is 33.8 Å². The molecule has 11 heavy (non-hydrogen) atoms. The van der Waals surface area contributed by atoms with Gasteiger partial charge in [0.1, 0.15) is 0 Å². The third-order valence-electron chi connectivity index (χ3n) is 1.23. The maximum Gasteiger partial charge on any atom is 0.0714 e. The van der Waals surface area contributed by atoms with E-state index in [-0.39, 0.29) is 0 Å². The van der Waals surface area contributed by atoms with Crippen LogP contribution < -0.4 is 0 Å². The molecule has 0 heterocycles. The second kappa shape index (κ2) is 3.96. The molecule has 0 spiro atoms. The topological polar surface area (TPSA) is 9.23 Å². The van der Waals surface area contributed by atoms with Gasteiger partial charge in [0.15, 0.2) is 0 Å². The van der Waals surface area contributed by atoms with Crippen LogP contribution in [-0.4, -0.2) is 7.11 Å². The highest BCUT2D eigenvalue weighted by Crippen LogP contribution is 2.19. The molecule has 1 rings (SSSR count). The summed E-state index contributed by atoms with van der Waals surface area (Å²) in [6.07, 6.45) is 0. The quantitative estimate of drug-likeness (QED) is 0.697. The number of rotatable bonds is 2. The Bertz CT molecular complexity index is 228. The van der Waals surface area contributed by atoms with Crippen molar-refractivity contribution in [1.29, 1.82) is 0 Å². The molecular weight excluding hydrogens is 183 g/mol. The van der Waals surface area contributed by atoms with Crippen LogP contribution in [0.4, 0.5) is 0 Å². The molecule has 0 saturated heterocycles. The Hall–Kier alpha value is -0.240. The molecular formula is C8H8Cl2O. The average Bonchev–Trinajstić information content (AvgIpc) is 1.85. The number of hydrogen-bond donors (Lipinski definition) is 0. The molecule has 0 amide bonds. The molecule has 0 saturated carbocycles. The Labute approximate surface area is 75.9 Å². The summed E-state index contributed by atoms with van der Waals surface area (Å²) >= 11 is 11.5. The molecule has 0 atom stereocenters. The molecule has 0 aliphatic heterocycles. The van der Waals surface area contributed by atoms with E-state index in [2.05, 4.69) is 0 Å². The predicted octanol–water partition coefficient (Wildman–Crippen LogP) is 3.14. The van der Waals surface area contributed by atoms with Crippen LogP contribution in [0.25, 0.3) is 0 Å². The minimum absolute atomic E-state index is 0.542. The first-order valence-electron chi connectivity index (χ1n) is 3.16. The van der Waals surface area contributed by atoms with E-state index in [0.717, 1.165) is 5.56 Å². The van der Waals surface area contributed by atoms with E-state index in [9.17, 15) is 0 Å². The Morgan fingerprint density at radius 3 is 2.18 bits per heavy atom. The summed E-state index contributed by atoms with van der Waals surface area (Å²) in [6, 6.07) is 5.36. The molecule has 0 fully saturated rings. The summed E-state index contributed by atoms with van der Waals surface area (Å²) in [5.74, 6) is 0. The highest BCUT2D eigenvalue weighted by molar-refractivity contribution is 6.34. The zero-order chi connectivity index (χ0) is 8.27. The molecule has 3 heteroatoms. The minimum atomic E-state index is 0.542. The van der Waals surface area contributed by atoms with Crippen LogP contribution in [0.5, 0.6) is 0 Å². The van der Waals surface area contributed by atoms with E-state index in [1.54, 1.807) is 13.2 Å². The standard InChI is InChI=1S/C8H8Cl2O/c1-11-5-6-2-7(9)4-8(10)3-6/h2-4H,5H2,1H3. The van der Waals surface area contributed by atoms with Gasteiger partial charge in [-0.15, -0.1) is 0 Å². The Balaban J connectivity index is 2.89. The molecule has 1 aromatic carbocycles. The average molecular weight is 191 g/mol. The largest absolute Gasteiger partial charge is 0.380 e. The van der Waals surface area contributed by atoms with Crippen molar-refractivity contribution >= 4 is 23.2 Å². The van der Waals surface area contributed by atoms with Gasteiger partial charge in [0.25, 0.3) is 0 Å². The summed E-state index contributed by atoms with van der Waals surface area (Å²) in [5.41, 5.74) is 0.991. The van der Waals surface area contributed by atoms with Gasteiger partial charge in [0, 0.05) is 17.2 Å². The van der Waals surface area contributed by atoms with Crippen molar-refractivity contribution in [2.24, 2.45) is 0 Å². The summed E-state index contributed by atoms with van der Waals surface area (Å²) in [4.78, 5) is 0. The lowest BCUT2D eigenvalue weighted by Crippen LogP contribution is -1.86. The van der Waals surface area contributed by atoms with Gasteiger partial charge in [-0.05, 0) is 23.8 Å². The third-order valence-corrected chi connectivity index (χ3v) is 1.67. The predicted molar refractivity (Wildman–Crippen MR) is 47.2 cm³/mol. The van der Waals surface area contributed by atoms with Gasteiger partial charge in [0.05, 0.1) is 6.61 Å². The Kier molecular flexibility index (Phi) is 3.18. The van der Waals surface area contributed by atoms with Gasteiger partial charge in [-0.1, -0.05) is 23.2 Å². The fourth-order valence-electron chi connectivity index (χ4n) is 0.861. The molecule has 1 aromatic rings. The van der Waals surface area contributed by atoms with Crippen LogP contribution in [0, 0.1) is 0 Å². The fraction of sp³-hybridized carbons (Fsp3) is 0.250. The van der Waals surface area contributed by atoms with E-state index in [1.165, 1.54) is 0 Å². The maximum absolute atomic E-state index is 5.75. The maximum atomic E-state index is 5.75. The second-order valence-electron chi connectivity index (χ2n) is 2.21. The van der Waals surface area contributed by atoms with Gasteiger partial charge < -0.3 is 4.74 Å². The molecule has 0 radical (unpaired) electrons. The van der Waals surface area contributed by atoms with E-state index in [4.69, 9.17) is 27.9 Å². The first kappa shape index (κ1) is 8.85. The van der Waals surface area contributed by atoms with Crippen molar-refractivity contribution in [3.8, 4) is 0 Å². The van der Waals surface area contributed by atoms with Gasteiger partial charge in [-0.3, -0.25) is 0 Å². The molecule has 0 bridgehead atoms. The van der Waals surface area contributed by atoms with E-state index >= 15 is 0 Å². The zero-order valence-corrected chi connectivity index (χ0v) is 7.62. The van der Waals surface area contributed by atoms with E-state index < -0.39 is 0 Å².